The lowest BCUT2D eigenvalue weighted by Gasteiger charge is -2.38. The minimum absolute atomic E-state index is 0.0992. The topological polar surface area (TPSA) is 60.5 Å². The van der Waals surface area contributed by atoms with Gasteiger partial charge in [-0.15, -0.1) is 0 Å². The predicted molar refractivity (Wildman–Crippen MR) is 129 cm³/mol. The molecule has 8 heteroatoms. The van der Waals surface area contributed by atoms with Crippen LogP contribution in [0.5, 0.6) is 5.75 Å². The van der Waals surface area contributed by atoms with Crippen molar-refractivity contribution in [2.45, 2.75) is 103 Å². The summed E-state index contributed by atoms with van der Waals surface area (Å²) >= 11 is 6.55. The van der Waals surface area contributed by atoms with Gasteiger partial charge in [0.25, 0.3) is 0 Å². The van der Waals surface area contributed by atoms with Crippen LogP contribution in [0.4, 0.5) is 0 Å². The molecule has 1 N–H and O–H groups in total. The second kappa shape index (κ2) is 8.81. The second-order valence-corrected chi connectivity index (χ2v) is 17.9. The van der Waals surface area contributed by atoms with Crippen LogP contribution in [0.1, 0.15) is 85.6 Å². The lowest BCUT2D eigenvalue weighted by atomic mass is 9.88. The van der Waals surface area contributed by atoms with Crippen molar-refractivity contribution in [2.75, 3.05) is 6.61 Å². The Labute approximate surface area is 191 Å². The average Bonchev–Trinajstić information content (AvgIpc) is 2.92. The number of ether oxygens (including phenoxy) is 1. The summed E-state index contributed by atoms with van der Waals surface area (Å²) in [6.45, 7) is 21.6. The van der Waals surface area contributed by atoms with E-state index in [4.69, 9.17) is 20.8 Å². The maximum Gasteiger partial charge on any atom is 0.192 e. The van der Waals surface area contributed by atoms with Crippen molar-refractivity contribution in [1.82, 2.24) is 9.71 Å². The highest BCUT2D eigenvalue weighted by molar-refractivity contribution is 7.84. The van der Waals surface area contributed by atoms with Crippen LogP contribution in [0.25, 0.3) is 0 Å². The highest BCUT2D eigenvalue weighted by Crippen LogP contribution is 2.46. The monoisotopic (exact) mass is 474 g/mol. The molecule has 0 spiro atoms. The van der Waals surface area contributed by atoms with Gasteiger partial charge in [-0.05, 0) is 58.3 Å². The molecule has 172 valence electrons. The molecule has 0 saturated heterocycles. The Balaban J connectivity index is 2.47. The van der Waals surface area contributed by atoms with Crippen LogP contribution < -0.4 is 9.46 Å². The van der Waals surface area contributed by atoms with Crippen molar-refractivity contribution < 1.29 is 13.4 Å². The summed E-state index contributed by atoms with van der Waals surface area (Å²) in [4.78, 5) is 4.60. The van der Waals surface area contributed by atoms with Crippen LogP contribution in [0.3, 0.4) is 0 Å². The number of nitrogens with zero attached hydrogens (tertiary/aromatic N) is 1. The van der Waals surface area contributed by atoms with Crippen molar-refractivity contribution in [3.05, 3.63) is 22.5 Å². The highest BCUT2D eigenvalue weighted by Gasteiger charge is 2.45. The van der Waals surface area contributed by atoms with Gasteiger partial charge in [-0.2, -0.15) is 0 Å². The van der Waals surface area contributed by atoms with Gasteiger partial charge in [0.05, 0.1) is 33.1 Å². The Morgan fingerprint density at radius 1 is 1.33 bits per heavy atom. The third-order valence-corrected chi connectivity index (χ3v) is 12.6. The first-order valence-electron chi connectivity index (χ1n) is 10.8. The summed E-state index contributed by atoms with van der Waals surface area (Å²) in [5, 5.41) is 0.441. The third kappa shape index (κ3) is 5.29. The first-order chi connectivity index (χ1) is 13.5. The largest absolute Gasteiger partial charge is 0.488 e. The first-order valence-corrected chi connectivity index (χ1v) is 15.2. The molecule has 1 aliphatic heterocycles. The van der Waals surface area contributed by atoms with Gasteiger partial charge in [0, 0.05) is 5.56 Å². The van der Waals surface area contributed by atoms with Crippen LogP contribution in [-0.4, -0.2) is 28.9 Å². The quantitative estimate of drug-likeness (QED) is 0.374. The summed E-state index contributed by atoms with van der Waals surface area (Å²) in [6.07, 6.45) is 1.52. The molecule has 5 nitrogen and oxygen atoms in total. The molecule has 30 heavy (non-hydrogen) atoms. The Hall–Kier alpha value is -0.473. The van der Waals surface area contributed by atoms with Crippen molar-refractivity contribution >= 4 is 30.9 Å². The zero-order valence-electron chi connectivity index (χ0n) is 20.2. The Morgan fingerprint density at radius 3 is 2.43 bits per heavy atom. The number of hydrogen-bond donors (Lipinski definition) is 1. The summed E-state index contributed by atoms with van der Waals surface area (Å²) in [5.74, 6) is 0.590. The minimum atomic E-state index is -1.97. The standard InChI is InChI=1S/C22H39ClN2O3SSi/c1-11-12-22(25-29(26)20(3,4)5)14-27-18-16(22)13-17(24-19(18)23)15(2)28-30(9,10)21(6,7)8/h13,15,25H,11-12,14H2,1-10H3. The van der Waals surface area contributed by atoms with Crippen LogP contribution in [0.15, 0.2) is 6.07 Å². The number of pyridine rings is 1. The van der Waals surface area contributed by atoms with E-state index < -0.39 is 24.8 Å². The number of fused-ring (bicyclic) bond motifs is 1. The zero-order chi connectivity index (χ0) is 23.1. The van der Waals surface area contributed by atoms with Gasteiger partial charge in [0.1, 0.15) is 6.61 Å². The highest BCUT2D eigenvalue weighted by atomic mass is 35.5. The van der Waals surface area contributed by atoms with E-state index in [0.29, 0.717) is 17.5 Å². The van der Waals surface area contributed by atoms with Crippen molar-refractivity contribution in [3.63, 3.8) is 0 Å². The Morgan fingerprint density at radius 2 is 1.93 bits per heavy atom. The molecule has 3 unspecified atom stereocenters. The molecule has 0 amide bonds. The van der Waals surface area contributed by atoms with Crippen molar-refractivity contribution in [1.29, 1.82) is 0 Å². The molecule has 0 aromatic carbocycles. The van der Waals surface area contributed by atoms with Gasteiger partial charge in [-0.1, -0.05) is 45.7 Å². The minimum Gasteiger partial charge on any atom is -0.488 e. The average molecular weight is 475 g/mol. The molecule has 0 saturated carbocycles. The van der Waals surface area contributed by atoms with Crippen molar-refractivity contribution in [3.8, 4) is 5.75 Å². The van der Waals surface area contributed by atoms with E-state index in [1.54, 1.807) is 0 Å². The molecule has 2 heterocycles. The smallest absolute Gasteiger partial charge is 0.192 e. The van der Waals surface area contributed by atoms with Gasteiger partial charge in [0.15, 0.2) is 19.2 Å². The molecule has 0 radical (unpaired) electrons. The fourth-order valence-electron chi connectivity index (χ4n) is 3.27. The number of halogens is 1. The molecular weight excluding hydrogens is 436 g/mol. The Kier molecular flexibility index (Phi) is 7.57. The summed E-state index contributed by atoms with van der Waals surface area (Å²) in [6, 6.07) is 2.04. The van der Waals surface area contributed by atoms with E-state index in [1.165, 1.54) is 0 Å². The molecule has 1 aromatic rings. The Bertz CT molecular complexity index is 805. The molecule has 2 rings (SSSR count). The van der Waals surface area contributed by atoms with Gasteiger partial charge < -0.3 is 9.16 Å². The molecule has 0 aliphatic carbocycles. The van der Waals surface area contributed by atoms with Gasteiger partial charge in [0.2, 0.25) is 0 Å². The van der Waals surface area contributed by atoms with Gasteiger partial charge in [-0.25, -0.2) is 13.9 Å². The fourth-order valence-corrected chi connectivity index (χ4v) is 5.82. The lowest BCUT2D eigenvalue weighted by molar-refractivity contribution is 0.198. The van der Waals surface area contributed by atoms with Crippen molar-refractivity contribution in [2.24, 2.45) is 0 Å². The van der Waals surface area contributed by atoms with E-state index in [1.807, 2.05) is 33.8 Å². The van der Waals surface area contributed by atoms with E-state index in [9.17, 15) is 4.21 Å². The summed E-state index contributed by atoms with van der Waals surface area (Å²) in [7, 11) is -3.22. The number of aromatic nitrogens is 1. The molecule has 1 aliphatic rings. The van der Waals surface area contributed by atoms with Crippen LogP contribution in [0.2, 0.25) is 23.3 Å². The summed E-state index contributed by atoms with van der Waals surface area (Å²) in [5.41, 5.74) is 1.17. The zero-order valence-corrected chi connectivity index (χ0v) is 22.8. The lowest BCUT2D eigenvalue weighted by Crippen LogP contribution is -2.49. The molecule has 0 bridgehead atoms. The number of hydrogen-bond acceptors (Lipinski definition) is 4. The number of rotatable bonds is 7. The maximum absolute atomic E-state index is 13.0. The van der Waals surface area contributed by atoms with Gasteiger partial charge in [-0.3, -0.25) is 0 Å². The maximum atomic E-state index is 13.0. The second-order valence-electron chi connectivity index (χ2n) is 10.8. The molecule has 1 aromatic heterocycles. The third-order valence-electron chi connectivity index (χ3n) is 6.15. The van der Waals surface area contributed by atoms with E-state index in [0.717, 1.165) is 24.1 Å². The molecule has 3 atom stereocenters. The summed E-state index contributed by atoms with van der Waals surface area (Å²) < 4.78 is 28.5. The SMILES string of the molecule is CCCC1(NS(=O)C(C)(C)C)COc2c1cc(C(C)O[Si](C)(C)C(C)(C)C)nc2Cl. The van der Waals surface area contributed by atoms with E-state index in [-0.39, 0.29) is 15.9 Å². The van der Waals surface area contributed by atoms with Crippen LogP contribution in [-0.2, 0) is 21.0 Å². The van der Waals surface area contributed by atoms with E-state index >= 15 is 0 Å². The molecule has 0 fully saturated rings. The van der Waals surface area contributed by atoms with Gasteiger partial charge >= 0.3 is 0 Å². The van der Waals surface area contributed by atoms with E-state index in [2.05, 4.69) is 50.5 Å². The fraction of sp³-hybridized carbons (Fsp3) is 0.773. The van der Waals surface area contributed by atoms with Crippen LogP contribution >= 0.6 is 11.6 Å². The normalized spacial score (nSPS) is 21.8. The first kappa shape index (κ1) is 25.8. The number of nitrogens with one attached hydrogen (secondary N) is 1. The van der Waals surface area contributed by atoms with Crippen LogP contribution in [0, 0.1) is 0 Å². The molecular formula is C22H39ClN2O3SSi. The predicted octanol–water partition coefficient (Wildman–Crippen LogP) is 6.26.